The van der Waals surface area contributed by atoms with Crippen molar-refractivity contribution in [1.82, 2.24) is 9.97 Å². The predicted octanol–water partition coefficient (Wildman–Crippen LogP) is 4.09. The van der Waals surface area contributed by atoms with Crippen LogP contribution in [0, 0.1) is 20.8 Å². The Morgan fingerprint density at radius 3 is 2.55 bits per heavy atom. The number of hydrogen-bond donors (Lipinski definition) is 1. The van der Waals surface area contributed by atoms with Gasteiger partial charge in [-0.25, -0.2) is 9.97 Å². The van der Waals surface area contributed by atoms with Gasteiger partial charge in [0.2, 0.25) is 0 Å². The fourth-order valence-electron chi connectivity index (χ4n) is 2.01. The standard InChI is InChI=1S/C16H21N3S/c1-5-6-14-18-15(17)12(4)16(19-14)20-13-8-7-10(2)9-11(13)3/h7-9H,5-6H2,1-4H3,(H2,17,18,19). The predicted molar refractivity (Wildman–Crippen MR) is 85.2 cm³/mol. The Hall–Kier alpha value is -1.55. The summed E-state index contributed by atoms with van der Waals surface area (Å²) in [5, 5.41) is 0.966. The van der Waals surface area contributed by atoms with Gasteiger partial charge in [-0.15, -0.1) is 0 Å². The van der Waals surface area contributed by atoms with E-state index in [0.717, 1.165) is 29.3 Å². The van der Waals surface area contributed by atoms with E-state index in [0.29, 0.717) is 5.82 Å². The van der Waals surface area contributed by atoms with Gasteiger partial charge in [-0.3, -0.25) is 0 Å². The van der Waals surface area contributed by atoms with Gasteiger partial charge in [-0.05, 0) is 38.8 Å². The van der Waals surface area contributed by atoms with E-state index in [2.05, 4.69) is 48.9 Å². The number of nitrogen functional groups attached to an aromatic ring is 1. The van der Waals surface area contributed by atoms with Crippen molar-refractivity contribution in [3.05, 3.63) is 40.7 Å². The molecule has 0 saturated carbocycles. The van der Waals surface area contributed by atoms with E-state index in [9.17, 15) is 0 Å². The second-order valence-corrected chi connectivity index (χ2v) is 6.11. The molecule has 106 valence electrons. The fraction of sp³-hybridized carbons (Fsp3) is 0.375. The molecule has 0 unspecified atom stereocenters. The molecule has 2 aromatic rings. The number of hydrogen-bond acceptors (Lipinski definition) is 4. The third-order valence-electron chi connectivity index (χ3n) is 3.20. The zero-order chi connectivity index (χ0) is 14.7. The van der Waals surface area contributed by atoms with Crippen LogP contribution in [0.25, 0.3) is 0 Å². The maximum Gasteiger partial charge on any atom is 0.132 e. The summed E-state index contributed by atoms with van der Waals surface area (Å²) in [4.78, 5) is 10.2. The van der Waals surface area contributed by atoms with Gasteiger partial charge < -0.3 is 5.73 Å². The van der Waals surface area contributed by atoms with Crippen molar-refractivity contribution in [2.24, 2.45) is 0 Å². The van der Waals surface area contributed by atoms with Crippen LogP contribution in [-0.4, -0.2) is 9.97 Å². The molecule has 0 bridgehead atoms. The third-order valence-corrected chi connectivity index (χ3v) is 4.46. The van der Waals surface area contributed by atoms with Gasteiger partial charge in [0.15, 0.2) is 0 Å². The van der Waals surface area contributed by atoms with E-state index in [1.807, 2.05) is 6.92 Å². The zero-order valence-corrected chi connectivity index (χ0v) is 13.3. The first-order chi connectivity index (χ1) is 9.51. The van der Waals surface area contributed by atoms with Crippen molar-refractivity contribution in [2.45, 2.75) is 50.5 Å². The molecule has 0 aliphatic heterocycles. The van der Waals surface area contributed by atoms with E-state index in [4.69, 9.17) is 5.73 Å². The minimum Gasteiger partial charge on any atom is -0.383 e. The molecule has 20 heavy (non-hydrogen) atoms. The zero-order valence-electron chi connectivity index (χ0n) is 12.5. The van der Waals surface area contributed by atoms with Crippen LogP contribution in [0.3, 0.4) is 0 Å². The molecule has 1 aromatic carbocycles. The molecule has 4 heteroatoms. The first-order valence-electron chi connectivity index (χ1n) is 6.89. The summed E-state index contributed by atoms with van der Waals surface area (Å²) in [5.74, 6) is 1.43. The van der Waals surface area contributed by atoms with Crippen LogP contribution in [0.4, 0.5) is 5.82 Å². The Balaban J connectivity index is 2.37. The van der Waals surface area contributed by atoms with Gasteiger partial charge in [0.25, 0.3) is 0 Å². The first-order valence-corrected chi connectivity index (χ1v) is 7.71. The summed E-state index contributed by atoms with van der Waals surface area (Å²) in [7, 11) is 0. The number of nitrogens with two attached hydrogens (primary N) is 1. The van der Waals surface area contributed by atoms with Gasteiger partial charge in [-0.2, -0.15) is 0 Å². The van der Waals surface area contributed by atoms with E-state index < -0.39 is 0 Å². The SMILES string of the molecule is CCCc1nc(N)c(C)c(Sc2ccc(C)cc2C)n1. The van der Waals surface area contributed by atoms with Gasteiger partial charge >= 0.3 is 0 Å². The molecule has 1 aromatic heterocycles. The number of nitrogens with zero attached hydrogens (tertiary/aromatic N) is 2. The van der Waals surface area contributed by atoms with Gasteiger partial charge in [0, 0.05) is 16.9 Å². The number of rotatable bonds is 4. The average Bonchev–Trinajstić information content (AvgIpc) is 2.39. The molecular weight excluding hydrogens is 266 g/mol. The molecule has 0 amide bonds. The summed E-state index contributed by atoms with van der Waals surface area (Å²) < 4.78 is 0. The summed E-state index contributed by atoms with van der Waals surface area (Å²) in [6, 6.07) is 6.46. The molecule has 0 saturated heterocycles. The van der Waals surface area contributed by atoms with Crippen molar-refractivity contribution in [3.8, 4) is 0 Å². The average molecular weight is 287 g/mol. The van der Waals surface area contributed by atoms with E-state index in [-0.39, 0.29) is 0 Å². The van der Waals surface area contributed by atoms with Crippen LogP contribution in [0.1, 0.15) is 35.9 Å². The summed E-state index contributed by atoms with van der Waals surface area (Å²) in [6.07, 6.45) is 1.89. The third kappa shape index (κ3) is 3.31. The van der Waals surface area contributed by atoms with Gasteiger partial charge in [-0.1, -0.05) is 36.4 Å². The maximum absolute atomic E-state index is 6.00. The highest BCUT2D eigenvalue weighted by atomic mass is 32.2. The molecule has 0 radical (unpaired) electrons. The highest BCUT2D eigenvalue weighted by molar-refractivity contribution is 7.99. The van der Waals surface area contributed by atoms with Gasteiger partial charge in [0.05, 0.1) is 0 Å². The number of anilines is 1. The smallest absolute Gasteiger partial charge is 0.132 e. The van der Waals surface area contributed by atoms with Crippen LogP contribution in [0.5, 0.6) is 0 Å². The Kier molecular flexibility index (Phi) is 4.65. The normalized spacial score (nSPS) is 10.8. The molecule has 0 aliphatic rings. The lowest BCUT2D eigenvalue weighted by Crippen LogP contribution is -2.04. The molecule has 1 heterocycles. The molecule has 0 spiro atoms. The Morgan fingerprint density at radius 2 is 1.90 bits per heavy atom. The van der Waals surface area contributed by atoms with Crippen LogP contribution in [0.2, 0.25) is 0 Å². The Labute approximate surface area is 125 Å². The second-order valence-electron chi connectivity index (χ2n) is 5.08. The highest BCUT2D eigenvalue weighted by Gasteiger charge is 2.11. The number of aromatic nitrogens is 2. The highest BCUT2D eigenvalue weighted by Crippen LogP contribution is 2.33. The van der Waals surface area contributed by atoms with Gasteiger partial charge in [0.1, 0.15) is 16.7 Å². The Bertz CT molecular complexity index is 623. The minimum absolute atomic E-state index is 0.593. The summed E-state index contributed by atoms with van der Waals surface area (Å²) in [6.45, 7) is 8.34. The lowest BCUT2D eigenvalue weighted by atomic mass is 10.2. The maximum atomic E-state index is 6.00. The largest absolute Gasteiger partial charge is 0.383 e. The van der Waals surface area contributed by atoms with Crippen molar-refractivity contribution >= 4 is 17.6 Å². The van der Waals surface area contributed by atoms with Crippen LogP contribution < -0.4 is 5.73 Å². The van der Waals surface area contributed by atoms with E-state index in [1.54, 1.807) is 11.8 Å². The number of benzene rings is 1. The Morgan fingerprint density at radius 1 is 1.15 bits per heavy atom. The monoisotopic (exact) mass is 287 g/mol. The van der Waals surface area contributed by atoms with Crippen LogP contribution in [-0.2, 0) is 6.42 Å². The molecule has 2 N–H and O–H groups in total. The molecule has 0 atom stereocenters. The summed E-state index contributed by atoms with van der Waals surface area (Å²) in [5.41, 5.74) is 9.51. The molecule has 0 fully saturated rings. The second kappa shape index (κ2) is 6.27. The van der Waals surface area contributed by atoms with Crippen LogP contribution >= 0.6 is 11.8 Å². The lowest BCUT2D eigenvalue weighted by molar-refractivity contribution is 0.805. The first kappa shape index (κ1) is 14.9. The molecular formula is C16H21N3S. The van der Waals surface area contributed by atoms with Crippen molar-refractivity contribution in [3.63, 3.8) is 0 Å². The quantitative estimate of drug-likeness (QED) is 0.861. The number of aryl methyl sites for hydroxylation is 3. The minimum atomic E-state index is 0.593. The molecule has 2 rings (SSSR count). The van der Waals surface area contributed by atoms with E-state index >= 15 is 0 Å². The summed E-state index contributed by atoms with van der Waals surface area (Å²) >= 11 is 1.67. The molecule has 0 aliphatic carbocycles. The van der Waals surface area contributed by atoms with Crippen LogP contribution in [0.15, 0.2) is 28.1 Å². The molecule has 3 nitrogen and oxygen atoms in total. The lowest BCUT2D eigenvalue weighted by Gasteiger charge is -2.11. The van der Waals surface area contributed by atoms with Crippen molar-refractivity contribution in [2.75, 3.05) is 5.73 Å². The van der Waals surface area contributed by atoms with E-state index in [1.165, 1.54) is 16.0 Å². The van der Waals surface area contributed by atoms with Crippen molar-refractivity contribution in [1.29, 1.82) is 0 Å². The topological polar surface area (TPSA) is 51.8 Å². The fourth-order valence-corrected chi connectivity index (χ4v) is 2.98. The van der Waals surface area contributed by atoms with Crippen molar-refractivity contribution < 1.29 is 0 Å².